The third kappa shape index (κ3) is 3.29. The minimum absolute atomic E-state index is 0.239. The maximum absolute atomic E-state index is 4.46. The number of rotatable bonds is 6. The molecule has 4 rings (SSSR count). The Bertz CT molecular complexity index is 940. The second kappa shape index (κ2) is 6.86. The Morgan fingerprint density at radius 2 is 2.16 bits per heavy atom. The summed E-state index contributed by atoms with van der Waals surface area (Å²) in [5, 5.41) is 8.96. The van der Waals surface area contributed by atoms with Gasteiger partial charge in [0.15, 0.2) is 5.82 Å². The molecule has 0 saturated heterocycles. The van der Waals surface area contributed by atoms with Crippen LogP contribution in [0.4, 0.5) is 0 Å². The number of nitrogens with one attached hydrogen (secondary N) is 2. The fourth-order valence-electron chi connectivity index (χ4n) is 3.03. The van der Waals surface area contributed by atoms with Crippen molar-refractivity contribution >= 4 is 10.9 Å². The van der Waals surface area contributed by atoms with Crippen molar-refractivity contribution in [2.45, 2.75) is 19.4 Å². The van der Waals surface area contributed by atoms with Crippen LogP contribution in [-0.2, 0) is 6.42 Å². The number of aromatic nitrogens is 5. The van der Waals surface area contributed by atoms with E-state index < -0.39 is 0 Å². The lowest BCUT2D eigenvalue weighted by atomic mass is 10.1. The first-order valence-electron chi connectivity index (χ1n) is 8.40. The molecule has 0 bridgehead atoms. The van der Waals surface area contributed by atoms with E-state index in [4.69, 9.17) is 0 Å². The van der Waals surface area contributed by atoms with E-state index in [0.717, 1.165) is 24.3 Å². The van der Waals surface area contributed by atoms with Gasteiger partial charge in [-0.25, -0.2) is 14.6 Å². The van der Waals surface area contributed by atoms with Crippen molar-refractivity contribution in [1.82, 2.24) is 30.0 Å². The van der Waals surface area contributed by atoms with Crippen LogP contribution in [0.1, 0.15) is 24.1 Å². The molecule has 0 aliphatic carbocycles. The van der Waals surface area contributed by atoms with Crippen molar-refractivity contribution in [1.29, 1.82) is 0 Å². The average molecular weight is 332 g/mol. The Morgan fingerprint density at radius 3 is 2.96 bits per heavy atom. The first-order chi connectivity index (χ1) is 12.3. The van der Waals surface area contributed by atoms with Crippen molar-refractivity contribution in [3.05, 3.63) is 72.6 Å². The summed E-state index contributed by atoms with van der Waals surface area (Å²) < 4.78 is 1.65. The first kappa shape index (κ1) is 15.5. The lowest BCUT2D eigenvalue weighted by Gasteiger charge is -2.14. The molecule has 6 heteroatoms. The van der Waals surface area contributed by atoms with E-state index in [9.17, 15) is 0 Å². The van der Waals surface area contributed by atoms with E-state index in [2.05, 4.69) is 62.6 Å². The Labute approximate surface area is 145 Å². The molecule has 4 aromatic rings. The number of aromatic amines is 1. The van der Waals surface area contributed by atoms with E-state index in [1.165, 1.54) is 22.8 Å². The van der Waals surface area contributed by atoms with Crippen LogP contribution < -0.4 is 5.32 Å². The summed E-state index contributed by atoms with van der Waals surface area (Å²) in [4.78, 5) is 11.7. The molecular formula is C19H20N6. The number of benzene rings is 1. The highest BCUT2D eigenvalue weighted by atomic mass is 15.3. The standard InChI is InChI=1S/C19H20N6/c1-14(16-5-6-19(23-11-16)25-13-20-12-24-25)21-9-7-15-3-2-4-18-17(15)8-10-22-18/h2-6,8,10-14,21-22H,7,9H2,1H3. The fraction of sp³-hybridized carbons (Fsp3) is 0.211. The first-order valence-corrected chi connectivity index (χ1v) is 8.40. The van der Waals surface area contributed by atoms with Crippen molar-refractivity contribution in [3.8, 4) is 5.82 Å². The summed E-state index contributed by atoms with van der Waals surface area (Å²) in [6.07, 6.45) is 8.02. The summed E-state index contributed by atoms with van der Waals surface area (Å²) in [7, 11) is 0. The van der Waals surface area contributed by atoms with E-state index in [-0.39, 0.29) is 6.04 Å². The molecule has 6 nitrogen and oxygen atoms in total. The predicted molar refractivity (Wildman–Crippen MR) is 97.6 cm³/mol. The fourth-order valence-corrected chi connectivity index (χ4v) is 3.03. The molecule has 2 N–H and O–H groups in total. The van der Waals surface area contributed by atoms with Crippen LogP contribution in [0.5, 0.6) is 0 Å². The Morgan fingerprint density at radius 1 is 1.20 bits per heavy atom. The zero-order valence-electron chi connectivity index (χ0n) is 14.1. The predicted octanol–water partition coefficient (Wildman–Crippen LogP) is 3.04. The van der Waals surface area contributed by atoms with Gasteiger partial charge >= 0.3 is 0 Å². The Kier molecular flexibility index (Phi) is 4.26. The zero-order chi connectivity index (χ0) is 17.1. The molecule has 0 aliphatic heterocycles. The summed E-state index contributed by atoms with van der Waals surface area (Å²) >= 11 is 0. The molecule has 1 atom stereocenters. The van der Waals surface area contributed by atoms with Crippen LogP contribution in [0.3, 0.4) is 0 Å². The lowest BCUT2D eigenvalue weighted by molar-refractivity contribution is 0.575. The topological polar surface area (TPSA) is 71.4 Å². The molecule has 0 amide bonds. The van der Waals surface area contributed by atoms with Gasteiger partial charge in [0.2, 0.25) is 0 Å². The van der Waals surface area contributed by atoms with Crippen molar-refractivity contribution < 1.29 is 0 Å². The number of hydrogen-bond acceptors (Lipinski definition) is 4. The van der Waals surface area contributed by atoms with E-state index in [0.29, 0.717) is 0 Å². The smallest absolute Gasteiger partial charge is 0.155 e. The minimum atomic E-state index is 0.239. The second-order valence-electron chi connectivity index (χ2n) is 6.07. The molecule has 1 unspecified atom stereocenters. The van der Waals surface area contributed by atoms with Crippen molar-refractivity contribution in [2.75, 3.05) is 6.54 Å². The number of H-pyrrole nitrogens is 1. The van der Waals surface area contributed by atoms with Gasteiger partial charge in [0, 0.05) is 29.3 Å². The van der Waals surface area contributed by atoms with Gasteiger partial charge < -0.3 is 10.3 Å². The molecule has 1 aromatic carbocycles. The quantitative estimate of drug-likeness (QED) is 0.569. The zero-order valence-corrected chi connectivity index (χ0v) is 14.1. The Balaban J connectivity index is 1.37. The molecule has 0 fully saturated rings. The number of pyridine rings is 1. The maximum Gasteiger partial charge on any atom is 0.155 e. The van der Waals surface area contributed by atoms with Crippen LogP contribution in [0.25, 0.3) is 16.7 Å². The van der Waals surface area contributed by atoms with Gasteiger partial charge in [0.1, 0.15) is 12.7 Å². The monoisotopic (exact) mass is 332 g/mol. The highest BCUT2D eigenvalue weighted by Crippen LogP contribution is 2.18. The average Bonchev–Trinajstić information content (AvgIpc) is 3.34. The Hall–Kier alpha value is -2.99. The molecule has 3 heterocycles. The molecule has 0 radical (unpaired) electrons. The van der Waals surface area contributed by atoms with E-state index >= 15 is 0 Å². The molecule has 0 spiro atoms. The van der Waals surface area contributed by atoms with Crippen molar-refractivity contribution in [3.63, 3.8) is 0 Å². The third-order valence-electron chi connectivity index (χ3n) is 4.45. The third-order valence-corrected chi connectivity index (χ3v) is 4.45. The molecule has 0 saturated carbocycles. The van der Waals surface area contributed by atoms with Gasteiger partial charge in [0.25, 0.3) is 0 Å². The molecule has 0 aliphatic rings. The van der Waals surface area contributed by atoms with Crippen LogP contribution in [0.2, 0.25) is 0 Å². The minimum Gasteiger partial charge on any atom is -0.361 e. The number of hydrogen-bond donors (Lipinski definition) is 2. The van der Waals surface area contributed by atoms with Gasteiger partial charge in [-0.2, -0.15) is 5.10 Å². The van der Waals surface area contributed by atoms with E-state index in [1.54, 1.807) is 11.0 Å². The van der Waals surface area contributed by atoms with Crippen LogP contribution in [0, 0.1) is 0 Å². The normalized spacial score (nSPS) is 12.5. The summed E-state index contributed by atoms with van der Waals surface area (Å²) in [6.45, 7) is 3.07. The van der Waals surface area contributed by atoms with Gasteiger partial charge in [0.05, 0.1) is 0 Å². The largest absolute Gasteiger partial charge is 0.361 e. The van der Waals surface area contributed by atoms with Gasteiger partial charge in [-0.15, -0.1) is 0 Å². The molecule has 126 valence electrons. The second-order valence-corrected chi connectivity index (χ2v) is 6.07. The maximum atomic E-state index is 4.46. The highest BCUT2D eigenvalue weighted by Gasteiger charge is 2.07. The van der Waals surface area contributed by atoms with Gasteiger partial charge in [-0.3, -0.25) is 0 Å². The summed E-state index contributed by atoms with van der Waals surface area (Å²) in [5.41, 5.74) is 3.71. The number of fused-ring (bicyclic) bond motifs is 1. The summed E-state index contributed by atoms with van der Waals surface area (Å²) in [5.74, 6) is 0.771. The molecule has 3 aromatic heterocycles. The number of nitrogens with zero attached hydrogens (tertiary/aromatic N) is 4. The van der Waals surface area contributed by atoms with Gasteiger partial charge in [-0.05, 0) is 49.2 Å². The summed E-state index contributed by atoms with van der Waals surface area (Å²) in [6, 6.07) is 12.8. The van der Waals surface area contributed by atoms with Crippen LogP contribution in [0.15, 0.2) is 61.4 Å². The van der Waals surface area contributed by atoms with Gasteiger partial charge in [-0.1, -0.05) is 18.2 Å². The SMILES string of the molecule is CC(NCCc1cccc2[nH]ccc12)c1ccc(-n2cncn2)nc1. The van der Waals surface area contributed by atoms with Crippen molar-refractivity contribution in [2.24, 2.45) is 0 Å². The van der Waals surface area contributed by atoms with E-state index in [1.807, 2.05) is 18.5 Å². The lowest BCUT2D eigenvalue weighted by Crippen LogP contribution is -2.21. The van der Waals surface area contributed by atoms with Crippen LogP contribution in [-0.4, -0.2) is 31.3 Å². The molecular weight excluding hydrogens is 312 g/mol. The molecule has 25 heavy (non-hydrogen) atoms. The highest BCUT2D eigenvalue weighted by molar-refractivity contribution is 5.82. The van der Waals surface area contributed by atoms with Crippen LogP contribution >= 0.6 is 0 Å².